The van der Waals surface area contributed by atoms with E-state index in [1.807, 2.05) is 24.3 Å². The van der Waals surface area contributed by atoms with E-state index in [9.17, 15) is 13.2 Å². The van der Waals surface area contributed by atoms with Crippen molar-refractivity contribution in [3.8, 4) is 5.75 Å². The van der Waals surface area contributed by atoms with Crippen molar-refractivity contribution < 1.29 is 17.9 Å². The van der Waals surface area contributed by atoms with Gasteiger partial charge in [-0.3, -0.25) is 9.69 Å². The molecule has 0 radical (unpaired) electrons. The number of sulfonamides is 1. The standard InChI is InChI=1S/C19H23N3O4S/c1-13(23)21-17-5-3-4-14(8-17)11-22-7-6-15-10-19(27(20,24)25)18(26-2)9-16(15)12-22/h3-5,8-10H,6-7,11-12H2,1-2H3,(H,21,23)(H2,20,24,25). The molecule has 2 aromatic rings. The Kier molecular flexibility index (Phi) is 5.50. The molecule has 0 bridgehead atoms. The van der Waals surface area contributed by atoms with E-state index in [-0.39, 0.29) is 16.6 Å². The number of hydrogen-bond donors (Lipinski definition) is 2. The molecule has 27 heavy (non-hydrogen) atoms. The first kappa shape index (κ1) is 19.3. The predicted molar refractivity (Wildman–Crippen MR) is 103 cm³/mol. The van der Waals surface area contributed by atoms with Crippen molar-refractivity contribution in [2.45, 2.75) is 31.3 Å². The zero-order valence-corrected chi connectivity index (χ0v) is 16.2. The lowest BCUT2D eigenvalue weighted by Crippen LogP contribution is -2.30. The summed E-state index contributed by atoms with van der Waals surface area (Å²) in [4.78, 5) is 13.5. The molecule has 144 valence electrons. The molecular formula is C19H23N3O4S. The molecule has 2 aromatic carbocycles. The summed E-state index contributed by atoms with van der Waals surface area (Å²) in [6, 6.07) is 11.1. The highest BCUT2D eigenvalue weighted by atomic mass is 32.2. The number of nitrogens with zero attached hydrogens (tertiary/aromatic N) is 1. The van der Waals surface area contributed by atoms with Crippen LogP contribution in [-0.4, -0.2) is 32.9 Å². The van der Waals surface area contributed by atoms with Crippen molar-refractivity contribution in [1.82, 2.24) is 4.90 Å². The molecule has 0 saturated carbocycles. The lowest BCUT2D eigenvalue weighted by atomic mass is 9.99. The maximum absolute atomic E-state index is 11.8. The summed E-state index contributed by atoms with van der Waals surface area (Å²) >= 11 is 0. The van der Waals surface area contributed by atoms with Gasteiger partial charge in [0.1, 0.15) is 10.6 Å². The number of nitrogens with one attached hydrogen (secondary N) is 1. The quantitative estimate of drug-likeness (QED) is 0.813. The number of primary sulfonamides is 1. The molecule has 3 rings (SSSR count). The first-order valence-electron chi connectivity index (χ1n) is 8.58. The zero-order chi connectivity index (χ0) is 19.6. The van der Waals surface area contributed by atoms with E-state index in [4.69, 9.17) is 9.88 Å². The number of fused-ring (bicyclic) bond motifs is 1. The molecule has 3 N–H and O–H groups in total. The van der Waals surface area contributed by atoms with Gasteiger partial charge >= 0.3 is 0 Å². The van der Waals surface area contributed by atoms with E-state index in [2.05, 4.69) is 10.2 Å². The fourth-order valence-corrected chi connectivity index (χ4v) is 4.08. The van der Waals surface area contributed by atoms with E-state index in [0.717, 1.165) is 41.9 Å². The Hall–Kier alpha value is -2.42. The number of nitrogens with two attached hydrogens (primary N) is 1. The molecule has 0 aliphatic carbocycles. The third kappa shape index (κ3) is 4.65. The number of methoxy groups -OCH3 is 1. The van der Waals surface area contributed by atoms with Gasteiger partial charge in [-0.05, 0) is 47.4 Å². The van der Waals surface area contributed by atoms with Crippen LogP contribution in [0.3, 0.4) is 0 Å². The minimum absolute atomic E-state index is 0.0280. The molecule has 1 amide bonds. The molecule has 0 saturated heterocycles. The van der Waals surface area contributed by atoms with Crippen LogP contribution in [0.2, 0.25) is 0 Å². The molecule has 0 atom stereocenters. The van der Waals surface area contributed by atoms with E-state index >= 15 is 0 Å². The molecule has 7 nitrogen and oxygen atoms in total. The first-order valence-corrected chi connectivity index (χ1v) is 10.1. The van der Waals surface area contributed by atoms with E-state index in [0.29, 0.717) is 6.54 Å². The van der Waals surface area contributed by atoms with E-state index in [1.165, 1.54) is 14.0 Å². The second-order valence-corrected chi connectivity index (χ2v) is 8.19. The smallest absolute Gasteiger partial charge is 0.241 e. The number of rotatable bonds is 5. The fraction of sp³-hybridized carbons (Fsp3) is 0.316. The monoisotopic (exact) mass is 389 g/mol. The number of carbonyl (C=O) groups is 1. The number of carbonyl (C=O) groups excluding carboxylic acids is 1. The molecule has 1 aliphatic heterocycles. The lowest BCUT2D eigenvalue weighted by Gasteiger charge is -2.29. The maximum Gasteiger partial charge on any atom is 0.241 e. The van der Waals surface area contributed by atoms with Gasteiger partial charge in [0.05, 0.1) is 7.11 Å². The van der Waals surface area contributed by atoms with Crippen molar-refractivity contribution in [3.63, 3.8) is 0 Å². The Bertz CT molecular complexity index is 973. The van der Waals surface area contributed by atoms with Gasteiger partial charge in [-0.15, -0.1) is 0 Å². The third-order valence-corrected chi connectivity index (χ3v) is 5.47. The molecule has 8 heteroatoms. The number of amides is 1. The Labute approximate surface area is 159 Å². The van der Waals surface area contributed by atoms with Crippen LogP contribution in [0.5, 0.6) is 5.75 Å². The van der Waals surface area contributed by atoms with Gasteiger partial charge in [-0.2, -0.15) is 0 Å². The SMILES string of the molecule is COc1cc2c(cc1S(N)(=O)=O)CCN(Cc1cccc(NC(C)=O)c1)C2. The second kappa shape index (κ2) is 7.67. The van der Waals surface area contributed by atoms with E-state index in [1.54, 1.807) is 12.1 Å². The van der Waals surface area contributed by atoms with Crippen molar-refractivity contribution in [1.29, 1.82) is 0 Å². The van der Waals surface area contributed by atoms with Gasteiger partial charge in [0.25, 0.3) is 0 Å². The van der Waals surface area contributed by atoms with E-state index < -0.39 is 10.0 Å². The Morgan fingerprint density at radius 2 is 2.04 bits per heavy atom. The van der Waals surface area contributed by atoms with Crippen molar-refractivity contribution in [2.24, 2.45) is 5.14 Å². The Morgan fingerprint density at radius 1 is 1.26 bits per heavy atom. The molecule has 0 aromatic heterocycles. The van der Waals surface area contributed by atoms with Gasteiger partial charge in [-0.25, -0.2) is 13.6 Å². The summed E-state index contributed by atoms with van der Waals surface area (Å²) in [7, 11) is -2.39. The fourth-order valence-electron chi connectivity index (χ4n) is 3.35. The average molecular weight is 389 g/mol. The Morgan fingerprint density at radius 3 is 2.70 bits per heavy atom. The van der Waals surface area contributed by atoms with Gasteiger partial charge in [0.15, 0.2) is 0 Å². The van der Waals surface area contributed by atoms with Gasteiger partial charge in [0, 0.05) is 32.2 Å². The first-order chi connectivity index (χ1) is 12.8. The van der Waals surface area contributed by atoms with Crippen molar-refractivity contribution in [2.75, 3.05) is 19.0 Å². The molecule has 0 unspecified atom stereocenters. The van der Waals surface area contributed by atoms with Crippen LogP contribution < -0.4 is 15.2 Å². The number of ether oxygens (including phenoxy) is 1. The highest BCUT2D eigenvalue weighted by Gasteiger charge is 2.23. The van der Waals surface area contributed by atoms with Crippen LogP contribution in [0.15, 0.2) is 41.3 Å². The number of anilines is 1. The normalized spacial score (nSPS) is 14.5. The lowest BCUT2D eigenvalue weighted by molar-refractivity contribution is -0.114. The average Bonchev–Trinajstić information content (AvgIpc) is 2.59. The molecular weight excluding hydrogens is 366 g/mol. The molecule has 0 fully saturated rings. The van der Waals surface area contributed by atoms with Gasteiger partial charge in [-0.1, -0.05) is 12.1 Å². The predicted octanol–water partition coefficient (Wildman–Crippen LogP) is 1.86. The van der Waals surface area contributed by atoms with Crippen LogP contribution in [0.4, 0.5) is 5.69 Å². The van der Waals surface area contributed by atoms with Gasteiger partial charge < -0.3 is 10.1 Å². The summed E-state index contributed by atoms with van der Waals surface area (Å²) in [5.74, 6) is 0.169. The topological polar surface area (TPSA) is 102 Å². The zero-order valence-electron chi connectivity index (χ0n) is 15.4. The molecule has 0 spiro atoms. The van der Waals surface area contributed by atoms with Gasteiger partial charge in [0.2, 0.25) is 15.9 Å². The molecule has 1 aliphatic rings. The highest BCUT2D eigenvalue weighted by molar-refractivity contribution is 7.89. The summed E-state index contributed by atoms with van der Waals surface area (Å²) < 4.78 is 28.8. The summed E-state index contributed by atoms with van der Waals surface area (Å²) in [5.41, 5.74) is 3.88. The second-order valence-electron chi connectivity index (χ2n) is 6.66. The van der Waals surface area contributed by atoms with Crippen LogP contribution in [0.25, 0.3) is 0 Å². The summed E-state index contributed by atoms with van der Waals surface area (Å²) in [5, 5.41) is 8.09. The number of benzene rings is 2. The van der Waals surface area contributed by atoms with Crippen LogP contribution in [0, 0.1) is 0 Å². The van der Waals surface area contributed by atoms with Crippen LogP contribution >= 0.6 is 0 Å². The number of hydrogen-bond acceptors (Lipinski definition) is 5. The minimum atomic E-state index is -3.83. The largest absolute Gasteiger partial charge is 0.495 e. The summed E-state index contributed by atoms with van der Waals surface area (Å²) in [6.07, 6.45) is 0.729. The summed E-state index contributed by atoms with van der Waals surface area (Å²) in [6.45, 7) is 3.69. The molecule has 1 heterocycles. The minimum Gasteiger partial charge on any atom is -0.495 e. The Balaban J connectivity index is 1.80. The van der Waals surface area contributed by atoms with Crippen molar-refractivity contribution in [3.05, 3.63) is 53.1 Å². The van der Waals surface area contributed by atoms with Crippen LogP contribution in [0.1, 0.15) is 23.6 Å². The van der Waals surface area contributed by atoms with Crippen LogP contribution in [-0.2, 0) is 34.3 Å². The maximum atomic E-state index is 11.8. The third-order valence-electron chi connectivity index (χ3n) is 4.54. The highest BCUT2D eigenvalue weighted by Crippen LogP contribution is 2.31. The van der Waals surface area contributed by atoms with Crippen molar-refractivity contribution >= 4 is 21.6 Å².